The first kappa shape index (κ1) is 15.2. The Balaban J connectivity index is 1.90. The molecule has 0 aliphatic carbocycles. The van der Waals surface area contributed by atoms with E-state index in [1.165, 1.54) is 29.8 Å². The molecule has 0 aliphatic rings. The molecule has 7 heteroatoms. The second-order valence-electron chi connectivity index (χ2n) is 4.86. The summed E-state index contributed by atoms with van der Waals surface area (Å²) in [5.74, 6) is -0.755. The topological polar surface area (TPSA) is 60.1 Å². The number of halogens is 1. The SMILES string of the molecule is Cc1cnc(C(=O)N=c2sccn2Cc2ccccc2F)cn1. The van der Waals surface area contributed by atoms with E-state index in [1.54, 1.807) is 41.3 Å². The quantitative estimate of drug-likeness (QED) is 0.742. The van der Waals surface area contributed by atoms with Gasteiger partial charge in [0, 0.05) is 23.3 Å². The zero-order chi connectivity index (χ0) is 16.2. The molecule has 0 unspecified atom stereocenters. The molecule has 1 aromatic carbocycles. The highest BCUT2D eigenvalue weighted by molar-refractivity contribution is 7.07. The van der Waals surface area contributed by atoms with E-state index >= 15 is 0 Å². The Morgan fingerprint density at radius 2 is 2.13 bits per heavy atom. The fourth-order valence-electron chi connectivity index (χ4n) is 1.96. The van der Waals surface area contributed by atoms with Crippen molar-refractivity contribution in [2.24, 2.45) is 4.99 Å². The van der Waals surface area contributed by atoms with Gasteiger partial charge in [0.25, 0.3) is 5.91 Å². The lowest BCUT2D eigenvalue weighted by Crippen LogP contribution is -2.18. The molecular formula is C16H13FN4OS. The summed E-state index contributed by atoms with van der Waals surface area (Å²) in [5, 5.41) is 1.80. The molecule has 0 radical (unpaired) electrons. The zero-order valence-electron chi connectivity index (χ0n) is 12.3. The molecule has 116 valence electrons. The first-order valence-electron chi connectivity index (χ1n) is 6.88. The van der Waals surface area contributed by atoms with Crippen molar-refractivity contribution in [1.29, 1.82) is 0 Å². The fraction of sp³-hybridized carbons (Fsp3) is 0.125. The average molecular weight is 328 g/mol. The van der Waals surface area contributed by atoms with Crippen LogP contribution in [0.1, 0.15) is 21.7 Å². The van der Waals surface area contributed by atoms with Crippen LogP contribution in [-0.2, 0) is 6.54 Å². The van der Waals surface area contributed by atoms with E-state index in [0.717, 1.165) is 5.69 Å². The molecule has 0 spiro atoms. The Morgan fingerprint density at radius 1 is 1.30 bits per heavy atom. The van der Waals surface area contributed by atoms with Crippen LogP contribution < -0.4 is 4.80 Å². The smallest absolute Gasteiger partial charge is 0.299 e. The van der Waals surface area contributed by atoms with E-state index in [0.29, 0.717) is 16.9 Å². The summed E-state index contributed by atoms with van der Waals surface area (Å²) in [6, 6.07) is 6.53. The van der Waals surface area contributed by atoms with Crippen molar-refractivity contribution in [3.05, 3.63) is 75.8 Å². The molecule has 0 aliphatic heterocycles. The van der Waals surface area contributed by atoms with Crippen LogP contribution in [0.5, 0.6) is 0 Å². The summed E-state index contributed by atoms with van der Waals surface area (Å²) in [4.78, 5) is 24.7. The normalized spacial score (nSPS) is 11.7. The van der Waals surface area contributed by atoms with Crippen LogP contribution in [0, 0.1) is 12.7 Å². The molecule has 0 N–H and O–H groups in total. The van der Waals surface area contributed by atoms with Gasteiger partial charge in [-0.05, 0) is 13.0 Å². The van der Waals surface area contributed by atoms with Gasteiger partial charge in [0.05, 0.1) is 18.4 Å². The van der Waals surface area contributed by atoms with E-state index in [-0.39, 0.29) is 11.5 Å². The number of nitrogens with zero attached hydrogens (tertiary/aromatic N) is 4. The van der Waals surface area contributed by atoms with Crippen LogP contribution in [0.15, 0.2) is 53.2 Å². The highest BCUT2D eigenvalue weighted by Gasteiger charge is 2.08. The largest absolute Gasteiger partial charge is 0.319 e. The molecule has 3 rings (SSSR count). The second-order valence-corrected chi connectivity index (χ2v) is 5.74. The molecule has 23 heavy (non-hydrogen) atoms. The number of carbonyl (C=O) groups is 1. The van der Waals surface area contributed by atoms with Crippen LogP contribution in [0.2, 0.25) is 0 Å². The molecule has 0 atom stereocenters. The van der Waals surface area contributed by atoms with Crippen molar-refractivity contribution in [3.8, 4) is 0 Å². The number of aromatic nitrogens is 3. The minimum Gasteiger partial charge on any atom is -0.319 e. The lowest BCUT2D eigenvalue weighted by Gasteiger charge is -2.04. The first-order valence-corrected chi connectivity index (χ1v) is 7.76. The summed E-state index contributed by atoms with van der Waals surface area (Å²) >= 11 is 1.31. The fourth-order valence-corrected chi connectivity index (χ4v) is 2.69. The minimum absolute atomic E-state index is 0.182. The van der Waals surface area contributed by atoms with E-state index in [1.807, 2.05) is 0 Å². The van der Waals surface area contributed by atoms with Crippen molar-refractivity contribution in [2.45, 2.75) is 13.5 Å². The van der Waals surface area contributed by atoms with Gasteiger partial charge < -0.3 is 4.57 Å². The molecule has 3 aromatic rings. The van der Waals surface area contributed by atoms with Crippen LogP contribution in [0.3, 0.4) is 0 Å². The highest BCUT2D eigenvalue weighted by Crippen LogP contribution is 2.08. The standard InChI is InChI=1S/C16H13FN4OS/c1-11-8-19-14(9-18-11)15(22)20-16-21(6-7-23-16)10-12-4-2-3-5-13(12)17/h2-9H,10H2,1H3. The third-order valence-corrected chi connectivity index (χ3v) is 3.95. The van der Waals surface area contributed by atoms with Crippen LogP contribution in [-0.4, -0.2) is 20.4 Å². The van der Waals surface area contributed by atoms with Gasteiger partial charge in [-0.3, -0.25) is 9.78 Å². The maximum atomic E-state index is 13.8. The van der Waals surface area contributed by atoms with Gasteiger partial charge in [0.2, 0.25) is 0 Å². The van der Waals surface area contributed by atoms with Gasteiger partial charge in [-0.15, -0.1) is 11.3 Å². The maximum absolute atomic E-state index is 13.8. The minimum atomic E-state index is -0.470. The number of amides is 1. The average Bonchev–Trinajstić information content (AvgIpc) is 2.97. The monoisotopic (exact) mass is 328 g/mol. The second kappa shape index (κ2) is 6.62. The molecule has 0 fully saturated rings. The molecule has 1 amide bonds. The van der Waals surface area contributed by atoms with Crippen LogP contribution in [0.25, 0.3) is 0 Å². The van der Waals surface area contributed by atoms with Crippen molar-refractivity contribution >= 4 is 17.2 Å². The van der Waals surface area contributed by atoms with E-state index < -0.39 is 5.91 Å². The summed E-state index contributed by atoms with van der Waals surface area (Å²) in [6.45, 7) is 2.10. The third-order valence-electron chi connectivity index (χ3n) is 3.16. The third kappa shape index (κ3) is 3.57. The number of aryl methyl sites for hydroxylation is 1. The van der Waals surface area contributed by atoms with Crippen molar-refractivity contribution < 1.29 is 9.18 Å². The predicted molar refractivity (Wildman–Crippen MR) is 84.5 cm³/mol. The van der Waals surface area contributed by atoms with Crippen molar-refractivity contribution in [2.75, 3.05) is 0 Å². The molecule has 5 nitrogen and oxygen atoms in total. The number of rotatable bonds is 3. The summed E-state index contributed by atoms with van der Waals surface area (Å²) in [7, 11) is 0. The van der Waals surface area contributed by atoms with Crippen LogP contribution in [0.4, 0.5) is 4.39 Å². The number of hydrogen-bond donors (Lipinski definition) is 0. The van der Waals surface area contributed by atoms with Crippen molar-refractivity contribution in [1.82, 2.24) is 14.5 Å². The number of thiazole rings is 1. The lowest BCUT2D eigenvalue weighted by molar-refractivity contribution is 0.0992. The van der Waals surface area contributed by atoms with Gasteiger partial charge >= 0.3 is 0 Å². The number of carbonyl (C=O) groups excluding carboxylic acids is 1. The highest BCUT2D eigenvalue weighted by atomic mass is 32.1. The number of hydrogen-bond acceptors (Lipinski definition) is 4. The Hall–Kier alpha value is -2.67. The Labute approximate surface area is 135 Å². The van der Waals surface area contributed by atoms with Crippen LogP contribution >= 0.6 is 11.3 Å². The van der Waals surface area contributed by atoms with Gasteiger partial charge in [0.1, 0.15) is 11.5 Å². The van der Waals surface area contributed by atoms with E-state index in [2.05, 4.69) is 15.0 Å². The molecule has 2 heterocycles. The summed E-state index contributed by atoms with van der Waals surface area (Å²) in [6.07, 6.45) is 4.69. The number of benzene rings is 1. The Bertz CT molecular complexity index is 899. The Kier molecular flexibility index (Phi) is 4.38. The first-order chi connectivity index (χ1) is 11.1. The van der Waals surface area contributed by atoms with E-state index in [4.69, 9.17) is 0 Å². The summed E-state index contributed by atoms with van der Waals surface area (Å²) < 4.78 is 15.5. The molecule has 2 aromatic heterocycles. The van der Waals surface area contributed by atoms with Gasteiger partial charge in [-0.25, -0.2) is 9.37 Å². The molecule has 0 bridgehead atoms. The summed E-state index contributed by atoms with van der Waals surface area (Å²) in [5.41, 5.74) is 1.45. The van der Waals surface area contributed by atoms with Crippen molar-refractivity contribution in [3.63, 3.8) is 0 Å². The van der Waals surface area contributed by atoms with Gasteiger partial charge in [0.15, 0.2) is 4.80 Å². The molecule has 0 saturated carbocycles. The molecular weight excluding hydrogens is 315 g/mol. The maximum Gasteiger partial charge on any atom is 0.299 e. The van der Waals surface area contributed by atoms with E-state index in [9.17, 15) is 9.18 Å². The van der Waals surface area contributed by atoms with Gasteiger partial charge in [-0.2, -0.15) is 4.99 Å². The molecule has 0 saturated heterocycles. The Morgan fingerprint density at radius 3 is 2.87 bits per heavy atom. The lowest BCUT2D eigenvalue weighted by atomic mass is 10.2. The van der Waals surface area contributed by atoms with Gasteiger partial charge in [-0.1, -0.05) is 18.2 Å². The predicted octanol–water partition coefficient (Wildman–Crippen LogP) is 2.58. The zero-order valence-corrected chi connectivity index (χ0v) is 13.1.